The Morgan fingerprint density at radius 1 is 1.12 bits per heavy atom. The van der Waals surface area contributed by atoms with Crippen molar-refractivity contribution in [3.8, 4) is 0 Å². The molecule has 0 aromatic heterocycles. The molecule has 1 aliphatic carbocycles. The van der Waals surface area contributed by atoms with Crippen molar-refractivity contribution in [2.75, 3.05) is 31.8 Å². The van der Waals surface area contributed by atoms with E-state index in [1.54, 1.807) is 7.11 Å². The third kappa shape index (κ3) is 7.53. The molecule has 0 spiro atoms. The van der Waals surface area contributed by atoms with E-state index in [1.807, 2.05) is 11.8 Å². The third-order valence-electron chi connectivity index (χ3n) is 3.17. The summed E-state index contributed by atoms with van der Waals surface area (Å²) in [5.74, 6) is 2.49. The lowest BCUT2D eigenvalue weighted by molar-refractivity contribution is 0.200. The van der Waals surface area contributed by atoms with Gasteiger partial charge in [-0.15, -0.1) is 0 Å². The van der Waals surface area contributed by atoms with Crippen LogP contribution in [0.15, 0.2) is 0 Å². The highest BCUT2D eigenvalue weighted by Gasteiger charge is 2.10. The maximum atomic E-state index is 5.03. The van der Waals surface area contributed by atoms with Crippen molar-refractivity contribution in [1.29, 1.82) is 0 Å². The molecule has 0 aliphatic heterocycles. The van der Waals surface area contributed by atoms with Crippen LogP contribution in [0.2, 0.25) is 0 Å². The van der Waals surface area contributed by atoms with Gasteiger partial charge in [0, 0.05) is 32.1 Å². The molecule has 0 heterocycles. The fraction of sp³-hybridized carbons (Fsp3) is 1.00. The molecular weight excluding hydrogens is 218 g/mol. The van der Waals surface area contributed by atoms with Crippen molar-refractivity contribution in [2.45, 2.75) is 51.0 Å². The second kappa shape index (κ2) is 10.4. The molecule has 96 valence electrons. The Labute approximate surface area is 105 Å². The Morgan fingerprint density at radius 2 is 1.88 bits per heavy atom. The van der Waals surface area contributed by atoms with Crippen LogP contribution in [0.5, 0.6) is 0 Å². The molecule has 0 aromatic rings. The van der Waals surface area contributed by atoms with Crippen LogP contribution in [0, 0.1) is 0 Å². The molecule has 1 rings (SSSR count). The monoisotopic (exact) mass is 245 g/mol. The summed E-state index contributed by atoms with van der Waals surface area (Å²) >= 11 is 2.04. The number of rotatable bonds is 8. The summed E-state index contributed by atoms with van der Waals surface area (Å²) in [4.78, 5) is 0. The Kier molecular flexibility index (Phi) is 9.34. The Balaban J connectivity index is 1.86. The summed E-state index contributed by atoms with van der Waals surface area (Å²) in [5.41, 5.74) is 0. The van der Waals surface area contributed by atoms with Crippen LogP contribution in [0.4, 0.5) is 0 Å². The van der Waals surface area contributed by atoms with Gasteiger partial charge < -0.3 is 10.1 Å². The molecule has 0 bridgehead atoms. The molecule has 0 amide bonds. The lowest BCUT2D eigenvalue weighted by Crippen LogP contribution is -2.30. The fourth-order valence-electron chi connectivity index (χ4n) is 2.23. The topological polar surface area (TPSA) is 21.3 Å². The number of hydrogen-bond donors (Lipinski definition) is 1. The van der Waals surface area contributed by atoms with Gasteiger partial charge in [-0.2, -0.15) is 11.8 Å². The van der Waals surface area contributed by atoms with Gasteiger partial charge in [-0.3, -0.25) is 0 Å². The average molecular weight is 245 g/mol. The highest BCUT2D eigenvalue weighted by molar-refractivity contribution is 7.99. The lowest BCUT2D eigenvalue weighted by atomic mass is 10.1. The first-order valence-electron chi connectivity index (χ1n) is 6.73. The number of nitrogens with one attached hydrogen (secondary N) is 1. The minimum absolute atomic E-state index is 0.807. The normalized spacial score (nSPS) is 18.6. The minimum atomic E-state index is 0.807. The highest BCUT2D eigenvalue weighted by atomic mass is 32.2. The van der Waals surface area contributed by atoms with Crippen LogP contribution < -0.4 is 5.32 Å². The molecule has 2 nitrogen and oxygen atoms in total. The molecule has 1 aliphatic rings. The predicted octanol–water partition coefficient (Wildman–Crippen LogP) is 3.07. The molecule has 3 heteroatoms. The first kappa shape index (κ1) is 14.3. The number of ether oxygens (including phenoxy) is 1. The molecule has 0 aromatic carbocycles. The summed E-state index contributed by atoms with van der Waals surface area (Å²) in [6.07, 6.45) is 9.73. The van der Waals surface area contributed by atoms with E-state index in [-0.39, 0.29) is 0 Å². The predicted molar refractivity (Wildman–Crippen MR) is 73.3 cm³/mol. The second-order valence-electron chi connectivity index (χ2n) is 4.60. The zero-order valence-corrected chi connectivity index (χ0v) is 11.5. The zero-order chi connectivity index (χ0) is 11.5. The van der Waals surface area contributed by atoms with Crippen LogP contribution in [0.3, 0.4) is 0 Å². The molecular formula is C13H27NOS. The van der Waals surface area contributed by atoms with Crippen molar-refractivity contribution in [2.24, 2.45) is 0 Å². The molecule has 0 radical (unpaired) electrons. The van der Waals surface area contributed by atoms with E-state index in [0.717, 1.165) is 12.6 Å². The fourth-order valence-corrected chi connectivity index (χ4v) is 3.01. The van der Waals surface area contributed by atoms with Crippen molar-refractivity contribution in [3.05, 3.63) is 0 Å². The van der Waals surface area contributed by atoms with Crippen LogP contribution in [-0.4, -0.2) is 37.8 Å². The van der Waals surface area contributed by atoms with Gasteiger partial charge in [0.1, 0.15) is 0 Å². The van der Waals surface area contributed by atoms with Gasteiger partial charge in [-0.25, -0.2) is 0 Å². The van der Waals surface area contributed by atoms with E-state index < -0.39 is 0 Å². The van der Waals surface area contributed by atoms with Gasteiger partial charge in [-0.1, -0.05) is 25.7 Å². The van der Waals surface area contributed by atoms with Crippen LogP contribution in [0.1, 0.15) is 44.9 Å². The van der Waals surface area contributed by atoms with Crippen molar-refractivity contribution in [3.63, 3.8) is 0 Å². The van der Waals surface area contributed by atoms with E-state index in [0.29, 0.717) is 0 Å². The van der Waals surface area contributed by atoms with Crippen molar-refractivity contribution in [1.82, 2.24) is 5.32 Å². The van der Waals surface area contributed by atoms with Gasteiger partial charge in [0.15, 0.2) is 0 Å². The summed E-state index contributed by atoms with van der Waals surface area (Å²) < 4.78 is 5.03. The smallest absolute Gasteiger partial charge is 0.0470 e. The largest absolute Gasteiger partial charge is 0.385 e. The zero-order valence-electron chi connectivity index (χ0n) is 10.7. The summed E-state index contributed by atoms with van der Waals surface area (Å²) in [6.45, 7) is 2.09. The molecule has 1 saturated carbocycles. The summed E-state index contributed by atoms with van der Waals surface area (Å²) in [7, 11) is 1.78. The first-order valence-corrected chi connectivity index (χ1v) is 7.89. The Bertz CT molecular complexity index is 147. The Hall–Kier alpha value is 0.270. The summed E-state index contributed by atoms with van der Waals surface area (Å²) in [6, 6.07) is 0.807. The summed E-state index contributed by atoms with van der Waals surface area (Å²) in [5, 5.41) is 3.70. The maximum Gasteiger partial charge on any atom is 0.0470 e. The number of methoxy groups -OCH3 is 1. The first-order chi connectivity index (χ1) is 7.93. The number of hydrogen-bond acceptors (Lipinski definition) is 3. The second-order valence-corrected chi connectivity index (χ2v) is 5.83. The molecule has 1 fully saturated rings. The molecule has 0 unspecified atom stereocenters. The maximum absolute atomic E-state index is 5.03. The molecule has 1 N–H and O–H groups in total. The van der Waals surface area contributed by atoms with Crippen LogP contribution in [-0.2, 0) is 4.74 Å². The van der Waals surface area contributed by atoms with Gasteiger partial charge in [-0.05, 0) is 25.0 Å². The highest BCUT2D eigenvalue weighted by Crippen LogP contribution is 2.17. The van der Waals surface area contributed by atoms with Crippen molar-refractivity contribution < 1.29 is 4.74 Å². The van der Waals surface area contributed by atoms with Crippen LogP contribution in [0.25, 0.3) is 0 Å². The lowest BCUT2D eigenvalue weighted by Gasteiger charge is -2.15. The molecule has 0 atom stereocenters. The van der Waals surface area contributed by atoms with E-state index in [4.69, 9.17) is 4.74 Å². The average Bonchev–Trinajstić information content (AvgIpc) is 2.56. The van der Waals surface area contributed by atoms with E-state index in [9.17, 15) is 0 Å². The van der Waals surface area contributed by atoms with Gasteiger partial charge in [0.05, 0.1) is 0 Å². The van der Waals surface area contributed by atoms with E-state index >= 15 is 0 Å². The quantitative estimate of drug-likeness (QED) is 0.524. The third-order valence-corrected chi connectivity index (χ3v) is 4.24. The van der Waals surface area contributed by atoms with Gasteiger partial charge in [0.25, 0.3) is 0 Å². The van der Waals surface area contributed by atoms with Gasteiger partial charge >= 0.3 is 0 Å². The standard InChI is InChI=1S/C13H27NOS/c1-15-10-6-11-16-12-9-14-13-7-4-2-3-5-8-13/h13-14H,2-12H2,1H3. The van der Waals surface area contributed by atoms with Crippen LogP contribution >= 0.6 is 11.8 Å². The van der Waals surface area contributed by atoms with Crippen molar-refractivity contribution >= 4 is 11.8 Å². The molecule has 0 saturated heterocycles. The Morgan fingerprint density at radius 3 is 2.56 bits per heavy atom. The minimum Gasteiger partial charge on any atom is -0.385 e. The van der Waals surface area contributed by atoms with Gasteiger partial charge in [0.2, 0.25) is 0 Å². The SMILES string of the molecule is COCCCSCCNC1CCCCCC1. The van der Waals surface area contributed by atoms with E-state index in [1.165, 1.54) is 63.0 Å². The number of thioether (sulfide) groups is 1. The van der Waals surface area contributed by atoms with E-state index in [2.05, 4.69) is 5.32 Å². The molecule has 16 heavy (non-hydrogen) atoms.